The van der Waals surface area contributed by atoms with Crippen LogP contribution in [0.4, 0.5) is 0 Å². The number of carbonyl (C=O) groups is 2. The minimum absolute atomic E-state index is 0.0155. The lowest BCUT2D eigenvalue weighted by Crippen LogP contribution is -2.31. The molecule has 0 aliphatic carbocycles. The number of hydrazone groups is 1. The number of thioether (sulfide) groups is 1. The number of nitrogens with zero attached hydrogens (tertiary/aromatic N) is 2. The lowest BCUT2D eigenvalue weighted by Gasteiger charge is -2.12. The highest BCUT2D eigenvalue weighted by atomic mass is 32.2. The Morgan fingerprint density at radius 3 is 2.77 bits per heavy atom. The molecule has 154 valence electrons. The van der Waals surface area contributed by atoms with E-state index < -0.39 is 0 Å². The fourth-order valence-electron chi connectivity index (χ4n) is 2.75. The third-order valence-corrected chi connectivity index (χ3v) is 5.19. The van der Waals surface area contributed by atoms with E-state index in [-0.39, 0.29) is 30.5 Å². The van der Waals surface area contributed by atoms with Crippen molar-refractivity contribution >= 4 is 34.8 Å². The number of amidine groups is 1. The second-order valence-corrected chi connectivity index (χ2v) is 7.35. The van der Waals surface area contributed by atoms with Gasteiger partial charge in [-0.1, -0.05) is 42.5 Å². The number of methoxy groups -OCH3 is 1. The molecule has 0 spiro atoms. The molecule has 3 rings (SSSR count). The Kier molecular flexibility index (Phi) is 6.92. The van der Waals surface area contributed by atoms with Crippen LogP contribution in [0.15, 0.2) is 71.2 Å². The predicted octanol–water partition coefficient (Wildman–Crippen LogP) is 3.13. The first-order valence-electron chi connectivity index (χ1n) is 9.11. The van der Waals surface area contributed by atoms with Gasteiger partial charge in [0.2, 0.25) is 5.91 Å². The summed E-state index contributed by atoms with van der Waals surface area (Å²) < 4.78 is 5.11. The van der Waals surface area contributed by atoms with Crippen LogP contribution in [-0.4, -0.2) is 40.6 Å². The fraction of sp³-hybridized carbons (Fsp3) is 0.136. The van der Waals surface area contributed by atoms with Gasteiger partial charge < -0.3 is 9.84 Å². The van der Waals surface area contributed by atoms with E-state index in [1.165, 1.54) is 18.1 Å². The SMILES string of the molecule is C=CCN1C(=O)C(=Cc2ccc(O)c(OC)c2)SC1=NNC(=O)Cc1ccccc1. The number of nitrogens with one attached hydrogen (secondary N) is 1. The number of rotatable bonds is 7. The predicted molar refractivity (Wildman–Crippen MR) is 118 cm³/mol. The second-order valence-electron chi connectivity index (χ2n) is 6.34. The van der Waals surface area contributed by atoms with Crippen molar-refractivity contribution in [3.63, 3.8) is 0 Å². The Bertz CT molecular complexity index is 1020. The molecule has 0 unspecified atom stereocenters. The highest BCUT2D eigenvalue weighted by Gasteiger charge is 2.33. The lowest BCUT2D eigenvalue weighted by molar-refractivity contribution is -0.122. The number of ether oxygens (including phenoxy) is 1. The molecule has 0 saturated carbocycles. The molecule has 2 N–H and O–H groups in total. The zero-order valence-corrected chi connectivity index (χ0v) is 17.2. The van der Waals surface area contributed by atoms with Crippen LogP contribution in [0.2, 0.25) is 0 Å². The summed E-state index contributed by atoms with van der Waals surface area (Å²) in [5.41, 5.74) is 4.07. The minimum Gasteiger partial charge on any atom is -0.504 e. The summed E-state index contributed by atoms with van der Waals surface area (Å²) in [5.74, 6) is -0.199. The van der Waals surface area contributed by atoms with Gasteiger partial charge in [0, 0.05) is 6.54 Å². The van der Waals surface area contributed by atoms with Crippen LogP contribution < -0.4 is 10.2 Å². The van der Waals surface area contributed by atoms with E-state index in [1.807, 2.05) is 30.3 Å². The number of amides is 2. The van der Waals surface area contributed by atoms with Crippen molar-refractivity contribution in [2.24, 2.45) is 5.10 Å². The molecule has 1 aliphatic heterocycles. The van der Waals surface area contributed by atoms with Gasteiger partial charge in [-0.25, -0.2) is 5.43 Å². The minimum atomic E-state index is -0.277. The lowest BCUT2D eigenvalue weighted by atomic mass is 10.1. The third-order valence-electron chi connectivity index (χ3n) is 4.19. The number of carbonyl (C=O) groups excluding carboxylic acids is 2. The Labute approximate surface area is 178 Å². The third kappa shape index (κ3) is 5.09. The van der Waals surface area contributed by atoms with E-state index in [0.29, 0.717) is 21.4 Å². The summed E-state index contributed by atoms with van der Waals surface area (Å²) in [6.45, 7) is 3.94. The number of benzene rings is 2. The topological polar surface area (TPSA) is 91.2 Å². The molecule has 8 heteroatoms. The molecule has 0 atom stereocenters. The Balaban J connectivity index is 1.77. The van der Waals surface area contributed by atoms with Crippen molar-refractivity contribution in [1.82, 2.24) is 10.3 Å². The molecule has 2 amide bonds. The van der Waals surface area contributed by atoms with Gasteiger partial charge in [0.05, 0.1) is 18.4 Å². The van der Waals surface area contributed by atoms with Gasteiger partial charge in [-0.05, 0) is 41.1 Å². The van der Waals surface area contributed by atoms with Gasteiger partial charge in [-0.2, -0.15) is 0 Å². The molecule has 30 heavy (non-hydrogen) atoms. The number of aromatic hydroxyl groups is 1. The Morgan fingerprint density at radius 1 is 1.30 bits per heavy atom. The molecule has 1 heterocycles. The smallest absolute Gasteiger partial charge is 0.267 e. The van der Waals surface area contributed by atoms with Crippen LogP contribution in [0.5, 0.6) is 11.5 Å². The van der Waals surface area contributed by atoms with Gasteiger partial charge >= 0.3 is 0 Å². The maximum atomic E-state index is 12.8. The van der Waals surface area contributed by atoms with Crippen molar-refractivity contribution in [2.75, 3.05) is 13.7 Å². The van der Waals surface area contributed by atoms with E-state index in [2.05, 4.69) is 17.1 Å². The summed E-state index contributed by atoms with van der Waals surface area (Å²) in [4.78, 5) is 26.8. The number of phenols is 1. The largest absolute Gasteiger partial charge is 0.504 e. The maximum absolute atomic E-state index is 12.8. The maximum Gasteiger partial charge on any atom is 0.267 e. The van der Waals surface area contributed by atoms with Crippen molar-refractivity contribution < 1.29 is 19.4 Å². The quantitative estimate of drug-likeness (QED) is 0.406. The van der Waals surface area contributed by atoms with Crippen LogP contribution in [0.25, 0.3) is 6.08 Å². The number of hydrogen-bond acceptors (Lipinski definition) is 6. The summed E-state index contributed by atoms with van der Waals surface area (Å²) in [7, 11) is 1.45. The highest BCUT2D eigenvalue weighted by molar-refractivity contribution is 8.18. The molecular formula is C22H21N3O4S. The van der Waals surface area contributed by atoms with Gasteiger partial charge in [-0.15, -0.1) is 11.7 Å². The molecule has 7 nitrogen and oxygen atoms in total. The monoisotopic (exact) mass is 423 g/mol. The fourth-order valence-corrected chi connectivity index (χ4v) is 3.70. The number of hydrogen-bond donors (Lipinski definition) is 2. The zero-order chi connectivity index (χ0) is 21.5. The summed E-state index contributed by atoms with van der Waals surface area (Å²) in [6, 6.07) is 14.1. The first-order chi connectivity index (χ1) is 14.5. The number of phenolic OH excluding ortho intramolecular Hbond substituents is 1. The second kappa shape index (κ2) is 9.80. The van der Waals surface area contributed by atoms with Crippen LogP contribution in [0.3, 0.4) is 0 Å². The molecule has 0 aromatic heterocycles. The van der Waals surface area contributed by atoms with Crippen LogP contribution in [-0.2, 0) is 16.0 Å². The normalized spacial score (nSPS) is 16.2. The molecule has 2 aromatic carbocycles. The highest BCUT2D eigenvalue weighted by Crippen LogP contribution is 2.34. The van der Waals surface area contributed by atoms with Crippen molar-refractivity contribution in [3.8, 4) is 11.5 Å². The average molecular weight is 423 g/mol. The average Bonchev–Trinajstić information content (AvgIpc) is 3.03. The van der Waals surface area contributed by atoms with Crippen LogP contribution in [0, 0.1) is 0 Å². The summed E-state index contributed by atoms with van der Waals surface area (Å²) >= 11 is 1.15. The first-order valence-corrected chi connectivity index (χ1v) is 9.93. The summed E-state index contributed by atoms with van der Waals surface area (Å²) in [6.07, 6.45) is 3.46. The van der Waals surface area contributed by atoms with E-state index in [0.717, 1.165) is 17.3 Å². The van der Waals surface area contributed by atoms with Crippen molar-refractivity contribution in [1.29, 1.82) is 0 Å². The molecule has 1 fully saturated rings. The molecular weight excluding hydrogens is 402 g/mol. The van der Waals surface area contributed by atoms with Crippen molar-refractivity contribution in [2.45, 2.75) is 6.42 Å². The van der Waals surface area contributed by atoms with Crippen molar-refractivity contribution in [3.05, 3.63) is 77.2 Å². The first kappa shape index (κ1) is 21.2. The van der Waals surface area contributed by atoms with Gasteiger partial charge in [0.1, 0.15) is 0 Å². The standard InChI is InChI=1S/C22H21N3O4S/c1-3-11-25-21(28)19(13-16-9-10-17(26)18(12-16)29-2)30-22(25)24-23-20(27)14-15-7-5-4-6-8-15/h3-10,12-13,26H,1,11,14H2,2H3,(H,23,27). The van der Waals surface area contributed by atoms with Crippen LogP contribution in [0.1, 0.15) is 11.1 Å². The molecule has 1 aliphatic rings. The van der Waals surface area contributed by atoms with E-state index in [9.17, 15) is 14.7 Å². The van der Waals surface area contributed by atoms with E-state index in [4.69, 9.17) is 4.74 Å². The van der Waals surface area contributed by atoms with E-state index >= 15 is 0 Å². The van der Waals surface area contributed by atoms with Gasteiger partial charge in [0.25, 0.3) is 5.91 Å². The molecule has 0 radical (unpaired) electrons. The van der Waals surface area contributed by atoms with Gasteiger partial charge in [-0.3, -0.25) is 14.5 Å². The van der Waals surface area contributed by atoms with Crippen LogP contribution >= 0.6 is 11.8 Å². The summed E-state index contributed by atoms with van der Waals surface area (Å²) in [5, 5.41) is 14.2. The Hall–Kier alpha value is -3.52. The zero-order valence-electron chi connectivity index (χ0n) is 16.4. The van der Waals surface area contributed by atoms with Gasteiger partial charge in [0.15, 0.2) is 16.7 Å². The molecule has 1 saturated heterocycles. The molecule has 0 bridgehead atoms. The Morgan fingerprint density at radius 2 is 2.07 bits per heavy atom. The molecule has 2 aromatic rings. The van der Waals surface area contributed by atoms with E-state index in [1.54, 1.807) is 24.3 Å².